The minimum absolute atomic E-state index is 0.0116. The molecule has 0 N–H and O–H groups in total. The molecule has 0 aromatic carbocycles. The van der Waals surface area contributed by atoms with Crippen molar-refractivity contribution in [3.8, 4) is 12.3 Å². The number of aromatic nitrogens is 3. The van der Waals surface area contributed by atoms with Gasteiger partial charge in [0.1, 0.15) is 0 Å². The van der Waals surface area contributed by atoms with Crippen LogP contribution in [0.2, 0.25) is 0 Å². The summed E-state index contributed by atoms with van der Waals surface area (Å²) in [4.78, 5) is 22.5. The van der Waals surface area contributed by atoms with Gasteiger partial charge in [0.25, 0.3) is 0 Å². The summed E-state index contributed by atoms with van der Waals surface area (Å²) in [6.07, 6.45) is 15.6. The van der Waals surface area contributed by atoms with Gasteiger partial charge in [-0.25, -0.2) is 0 Å². The van der Waals surface area contributed by atoms with Gasteiger partial charge in [-0.3, -0.25) is 9.59 Å². The molecule has 0 aliphatic heterocycles. The number of hydrogen-bond donors (Lipinski definition) is 0. The predicted molar refractivity (Wildman–Crippen MR) is 133 cm³/mol. The van der Waals surface area contributed by atoms with Gasteiger partial charge in [0.05, 0.1) is 11.4 Å². The van der Waals surface area contributed by atoms with E-state index in [2.05, 4.69) is 25.6 Å². The van der Waals surface area contributed by atoms with Crippen molar-refractivity contribution in [3.63, 3.8) is 0 Å². The van der Waals surface area contributed by atoms with Crippen molar-refractivity contribution in [2.45, 2.75) is 20.8 Å². The van der Waals surface area contributed by atoms with Crippen LogP contribution >= 0.6 is 0 Å². The second-order valence-corrected chi connectivity index (χ2v) is 6.62. The van der Waals surface area contributed by atoms with E-state index in [0.717, 1.165) is 5.69 Å². The van der Waals surface area contributed by atoms with Crippen molar-refractivity contribution in [1.82, 2.24) is 13.7 Å². The van der Waals surface area contributed by atoms with Crippen LogP contribution in [0.4, 0.5) is 0 Å². The number of carbonyl (C=O) groups is 2. The quantitative estimate of drug-likeness (QED) is 0.181. The topological polar surface area (TPSA) is 68.8 Å². The third-order valence-electron chi connectivity index (χ3n) is 3.83. The van der Waals surface area contributed by atoms with Gasteiger partial charge < -0.3 is 13.7 Å². The molecule has 3 aromatic rings. The van der Waals surface area contributed by atoms with Gasteiger partial charge in [0.2, 0.25) is 11.6 Å². The van der Waals surface area contributed by atoms with Gasteiger partial charge in [-0.2, -0.15) is 0 Å². The Balaban J connectivity index is 0. The number of aryl methyl sites for hydroxylation is 3. The zero-order chi connectivity index (χ0) is 25.8. The molecule has 0 saturated carbocycles. The van der Waals surface area contributed by atoms with Crippen LogP contribution in [-0.4, -0.2) is 25.3 Å². The Labute approximate surface area is 197 Å². The molecule has 0 atom stereocenters. The third-order valence-corrected chi connectivity index (χ3v) is 3.83. The summed E-state index contributed by atoms with van der Waals surface area (Å²) in [5.41, 5.74) is 1.99. The normalized spacial score (nSPS) is 8.70. The van der Waals surface area contributed by atoms with E-state index in [4.69, 9.17) is 4.65 Å². The van der Waals surface area contributed by atoms with Crippen LogP contribution in [0.15, 0.2) is 85.5 Å². The molecule has 6 nitrogen and oxygen atoms in total. The van der Waals surface area contributed by atoms with Crippen LogP contribution < -0.4 is 0 Å². The molecule has 174 valence electrons. The third kappa shape index (κ3) is 13.1. The number of rotatable bonds is 4. The van der Waals surface area contributed by atoms with Crippen molar-refractivity contribution >= 4 is 11.6 Å². The van der Waals surface area contributed by atoms with E-state index >= 15 is 0 Å². The number of carbonyl (C=O) groups excluding carboxylic acids is 2. The van der Waals surface area contributed by atoms with Crippen LogP contribution in [0.3, 0.4) is 0 Å². The Bertz CT molecular complexity index is 1060. The zero-order valence-corrected chi connectivity index (χ0v) is 20.3. The molecule has 3 heterocycles. The first-order chi connectivity index (χ1) is 15.7. The summed E-state index contributed by atoms with van der Waals surface area (Å²) in [5, 5.41) is 0. The van der Waals surface area contributed by atoms with E-state index in [1.807, 2.05) is 92.3 Å². The van der Waals surface area contributed by atoms with Crippen LogP contribution in [0.1, 0.15) is 41.7 Å². The van der Waals surface area contributed by atoms with E-state index in [1.54, 1.807) is 36.6 Å². The molecule has 6 heteroatoms. The van der Waals surface area contributed by atoms with Gasteiger partial charge >= 0.3 is 11.3 Å². The fourth-order valence-corrected chi connectivity index (χ4v) is 2.29. The van der Waals surface area contributed by atoms with Crippen LogP contribution in [0.25, 0.3) is 0 Å². The molecule has 0 bridgehead atoms. The Morgan fingerprint density at radius 1 is 0.970 bits per heavy atom. The van der Waals surface area contributed by atoms with Crippen molar-refractivity contribution in [2.24, 2.45) is 21.1 Å². The van der Waals surface area contributed by atoms with Gasteiger partial charge in [-0.1, -0.05) is 12.7 Å². The minimum atomic E-state index is 0.0116. The number of Topliss-reactive ketones (excluding diaryl/α,β-unsaturated/α-hetero) is 1. The number of ketones is 2. The molecule has 0 radical (unpaired) electrons. The first-order valence-corrected chi connectivity index (χ1v) is 9.94. The molecule has 0 aliphatic carbocycles. The van der Waals surface area contributed by atoms with Crippen molar-refractivity contribution in [2.75, 3.05) is 0 Å². The van der Waals surface area contributed by atoms with Gasteiger partial charge in [0.15, 0.2) is 0 Å². The number of allylic oxidation sites excluding steroid dienone is 3. The molecule has 3 rings (SSSR count). The van der Waals surface area contributed by atoms with Crippen LogP contribution in [-0.2, 0) is 25.8 Å². The van der Waals surface area contributed by atoms with Crippen LogP contribution in [0, 0.1) is 19.0 Å². The Kier molecular flexibility index (Phi) is 17.7. The molecular formula is C27H33N3O3. The summed E-state index contributed by atoms with van der Waals surface area (Å²) >= 11 is 0. The first-order valence-electron chi connectivity index (χ1n) is 9.94. The summed E-state index contributed by atoms with van der Waals surface area (Å²) in [6, 6.07) is 11.3. The average molecular weight is 448 g/mol. The molecule has 33 heavy (non-hydrogen) atoms. The second-order valence-electron chi connectivity index (χ2n) is 6.62. The number of nitrogens with zero attached hydrogens (tertiary/aromatic N) is 3. The molecule has 0 saturated heterocycles. The zero-order valence-electron chi connectivity index (χ0n) is 20.3. The van der Waals surface area contributed by atoms with E-state index < -0.39 is 0 Å². The van der Waals surface area contributed by atoms with Gasteiger partial charge in [0, 0.05) is 45.9 Å². The average Bonchev–Trinajstić information content (AvgIpc) is 3.53. The summed E-state index contributed by atoms with van der Waals surface area (Å²) < 4.78 is 13.1. The maximum atomic E-state index is 11.3. The summed E-state index contributed by atoms with van der Waals surface area (Å²) in [7, 11) is 5.70. The van der Waals surface area contributed by atoms with E-state index in [9.17, 15) is 9.59 Å². The van der Waals surface area contributed by atoms with Crippen LogP contribution in [0.5, 0.6) is 0 Å². The van der Waals surface area contributed by atoms with E-state index in [0.29, 0.717) is 11.3 Å². The fourth-order valence-electron chi connectivity index (χ4n) is 2.29. The molecule has 0 aliphatic rings. The first kappa shape index (κ1) is 31.1. The SMILES string of the molecule is C#CC.C/C=C/C(=O)c1cccn1C.C=C(C)C(=O)c1cccn1C.Cn1cccc1.[C-]#[O+]. The second kappa shape index (κ2) is 18.7. The number of terminal acetylenes is 1. The van der Waals surface area contributed by atoms with Gasteiger partial charge in [-0.15, -0.1) is 12.3 Å². The molecule has 0 amide bonds. The monoisotopic (exact) mass is 447 g/mol. The Morgan fingerprint density at radius 2 is 1.39 bits per heavy atom. The Hall–Kier alpha value is -4.04. The molecular weight excluding hydrogens is 414 g/mol. The van der Waals surface area contributed by atoms with Crippen molar-refractivity contribution < 1.29 is 14.2 Å². The molecule has 0 unspecified atom stereocenters. The standard InChI is InChI=1S/2C9H11NO.C5H7N.C3H4.CO/c1-7(2)9(11)8-5-4-6-10(8)3;1-3-5-9(11)8-6-4-7-10(8)2;1-6-4-2-3-5-6;1-3-2;1-2/h4-6H,1H2,2-3H3;3-7H,1-2H3;2-5H,1H3;1H,2H3;/b;5-3+;;;. The molecule has 0 fully saturated rings. The van der Waals surface area contributed by atoms with Gasteiger partial charge in [-0.05, 0) is 68.8 Å². The maximum absolute atomic E-state index is 11.3. The van der Waals surface area contributed by atoms with Crippen molar-refractivity contribution in [1.29, 1.82) is 0 Å². The van der Waals surface area contributed by atoms with E-state index in [1.165, 1.54) is 0 Å². The fraction of sp³-hybridized carbons (Fsp3) is 0.222. The summed E-state index contributed by atoms with van der Waals surface area (Å²) in [5.74, 6) is 2.32. The number of hydrogen-bond acceptors (Lipinski definition) is 2. The predicted octanol–water partition coefficient (Wildman–Crippen LogP) is 5.19. The molecule has 3 aromatic heterocycles. The Morgan fingerprint density at radius 3 is 1.67 bits per heavy atom. The van der Waals surface area contributed by atoms with Crippen molar-refractivity contribution in [3.05, 3.63) is 104 Å². The molecule has 0 spiro atoms. The van der Waals surface area contributed by atoms with E-state index in [-0.39, 0.29) is 11.6 Å². The summed E-state index contributed by atoms with van der Waals surface area (Å²) in [6.45, 7) is 13.3.